The fourth-order valence-electron chi connectivity index (χ4n) is 1.79. The smallest absolute Gasteiger partial charge is 0.248 e. The van der Waals surface area contributed by atoms with Crippen molar-refractivity contribution in [1.82, 2.24) is 4.90 Å². The fourth-order valence-corrected chi connectivity index (χ4v) is 1.79. The Morgan fingerprint density at radius 2 is 2.12 bits per heavy atom. The van der Waals surface area contributed by atoms with Gasteiger partial charge in [0.15, 0.2) is 0 Å². The molecule has 4 nitrogen and oxygen atoms in total. The molecule has 0 aromatic heterocycles. The van der Waals surface area contributed by atoms with Crippen LogP contribution in [0.3, 0.4) is 0 Å². The highest BCUT2D eigenvalue weighted by Gasteiger charge is 2.25. The molecule has 0 bridgehead atoms. The van der Waals surface area contributed by atoms with E-state index in [4.69, 9.17) is 10.5 Å². The minimum Gasteiger partial charge on any atom is -0.365 e. The van der Waals surface area contributed by atoms with Gasteiger partial charge in [-0.25, -0.2) is 4.39 Å². The Kier molecular flexibility index (Phi) is 3.71. The molecule has 1 aromatic carbocycles. The highest BCUT2D eigenvalue weighted by Crippen LogP contribution is 2.11. The van der Waals surface area contributed by atoms with E-state index in [1.165, 1.54) is 12.1 Å². The van der Waals surface area contributed by atoms with Crippen LogP contribution in [0.2, 0.25) is 0 Å². The molecule has 0 saturated carbocycles. The highest BCUT2D eigenvalue weighted by molar-refractivity contribution is 5.78. The van der Waals surface area contributed by atoms with Crippen LogP contribution < -0.4 is 5.73 Å². The molecule has 92 valence electrons. The lowest BCUT2D eigenvalue weighted by molar-refractivity contribution is -0.149. The quantitative estimate of drug-likeness (QED) is 0.835. The molecule has 2 N–H and O–H groups in total. The number of amides is 1. The van der Waals surface area contributed by atoms with Crippen molar-refractivity contribution >= 4 is 5.91 Å². The lowest BCUT2D eigenvalue weighted by atomic mass is 10.2. The number of halogens is 1. The van der Waals surface area contributed by atoms with Crippen molar-refractivity contribution in [2.45, 2.75) is 12.6 Å². The molecule has 1 amide bonds. The number of nitrogens with zero attached hydrogens (tertiary/aromatic N) is 1. The van der Waals surface area contributed by atoms with Gasteiger partial charge in [0.25, 0.3) is 0 Å². The van der Waals surface area contributed by atoms with E-state index in [1.807, 2.05) is 0 Å². The molecule has 0 radical (unpaired) electrons. The van der Waals surface area contributed by atoms with E-state index in [2.05, 4.69) is 0 Å². The van der Waals surface area contributed by atoms with E-state index >= 15 is 0 Å². The standard InChI is InChI=1S/C12H15FN2O2/c13-10-3-1-9(2-4-10)6-15-7-11(5-14)17-8-12(15)16/h1-4,11H,5-8,14H2. The lowest BCUT2D eigenvalue weighted by Gasteiger charge is -2.32. The molecular formula is C12H15FN2O2. The number of ether oxygens (including phenoxy) is 1. The second-order valence-corrected chi connectivity index (χ2v) is 4.07. The van der Waals surface area contributed by atoms with Crippen molar-refractivity contribution in [2.75, 3.05) is 19.7 Å². The largest absolute Gasteiger partial charge is 0.365 e. The number of hydrogen-bond donors (Lipinski definition) is 1. The van der Waals surface area contributed by atoms with Gasteiger partial charge >= 0.3 is 0 Å². The van der Waals surface area contributed by atoms with E-state index < -0.39 is 0 Å². The average Bonchev–Trinajstić information content (AvgIpc) is 2.35. The van der Waals surface area contributed by atoms with Crippen LogP contribution in [-0.2, 0) is 16.1 Å². The molecule has 17 heavy (non-hydrogen) atoms. The van der Waals surface area contributed by atoms with Crippen LogP contribution in [-0.4, -0.2) is 36.6 Å². The molecular weight excluding hydrogens is 223 g/mol. The van der Waals surface area contributed by atoms with Gasteiger partial charge in [0.1, 0.15) is 12.4 Å². The van der Waals surface area contributed by atoms with Gasteiger partial charge in [0.2, 0.25) is 5.91 Å². The molecule has 1 aliphatic heterocycles. The van der Waals surface area contributed by atoms with E-state index in [0.717, 1.165) is 5.56 Å². The molecule has 0 spiro atoms. The van der Waals surface area contributed by atoms with E-state index in [-0.39, 0.29) is 24.4 Å². The summed E-state index contributed by atoms with van der Waals surface area (Å²) in [6.07, 6.45) is -0.104. The Bertz CT molecular complexity index is 394. The van der Waals surface area contributed by atoms with Crippen molar-refractivity contribution in [3.8, 4) is 0 Å². The molecule has 1 unspecified atom stereocenters. The minimum atomic E-state index is -0.276. The van der Waals surface area contributed by atoms with Crippen LogP contribution in [0.15, 0.2) is 24.3 Å². The lowest BCUT2D eigenvalue weighted by Crippen LogP contribution is -2.48. The number of hydrogen-bond acceptors (Lipinski definition) is 3. The van der Waals surface area contributed by atoms with Crippen molar-refractivity contribution in [3.63, 3.8) is 0 Å². The molecule has 2 rings (SSSR count). The van der Waals surface area contributed by atoms with Crippen LogP contribution in [0.25, 0.3) is 0 Å². The second kappa shape index (κ2) is 5.25. The Balaban J connectivity index is 2.01. The SMILES string of the molecule is NCC1CN(Cc2ccc(F)cc2)C(=O)CO1. The van der Waals surface area contributed by atoms with Crippen molar-refractivity contribution in [1.29, 1.82) is 0 Å². The molecule has 1 aromatic rings. The molecule has 1 aliphatic rings. The van der Waals surface area contributed by atoms with Crippen LogP contribution in [0.1, 0.15) is 5.56 Å². The predicted molar refractivity (Wildman–Crippen MR) is 60.6 cm³/mol. The monoisotopic (exact) mass is 238 g/mol. The topological polar surface area (TPSA) is 55.6 Å². The normalized spacial score (nSPS) is 20.7. The van der Waals surface area contributed by atoms with Gasteiger partial charge in [0, 0.05) is 19.6 Å². The van der Waals surface area contributed by atoms with Crippen LogP contribution >= 0.6 is 0 Å². The second-order valence-electron chi connectivity index (χ2n) is 4.07. The van der Waals surface area contributed by atoms with Gasteiger partial charge in [-0.3, -0.25) is 4.79 Å². The van der Waals surface area contributed by atoms with Crippen LogP contribution in [0.5, 0.6) is 0 Å². The summed E-state index contributed by atoms with van der Waals surface area (Å²) in [5.41, 5.74) is 6.41. The first kappa shape index (κ1) is 12.0. The first-order valence-electron chi connectivity index (χ1n) is 5.53. The van der Waals surface area contributed by atoms with E-state index in [0.29, 0.717) is 19.6 Å². The predicted octanol–water partition coefficient (Wildman–Crippen LogP) is 0.512. The van der Waals surface area contributed by atoms with Gasteiger partial charge in [-0.2, -0.15) is 0 Å². The van der Waals surface area contributed by atoms with Crippen molar-refractivity contribution in [3.05, 3.63) is 35.6 Å². The first-order chi connectivity index (χ1) is 8.19. The maximum absolute atomic E-state index is 12.7. The van der Waals surface area contributed by atoms with Gasteiger partial charge in [-0.1, -0.05) is 12.1 Å². The Labute approximate surface area is 99.2 Å². The number of carbonyl (C=O) groups is 1. The number of nitrogens with two attached hydrogens (primary N) is 1. The summed E-state index contributed by atoms with van der Waals surface area (Å²) < 4.78 is 18.0. The fraction of sp³-hybridized carbons (Fsp3) is 0.417. The third-order valence-electron chi connectivity index (χ3n) is 2.77. The maximum Gasteiger partial charge on any atom is 0.248 e. The van der Waals surface area contributed by atoms with Gasteiger partial charge in [-0.05, 0) is 17.7 Å². The zero-order valence-electron chi connectivity index (χ0n) is 9.43. The Hall–Kier alpha value is -1.46. The number of benzene rings is 1. The summed E-state index contributed by atoms with van der Waals surface area (Å²) in [6, 6.07) is 6.13. The van der Waals surface area contributed by atoms with E-state index in [1.54, 1.807) is 17.0 Å². The summed E-state index contributed by atoms with van der Waals surface area (Å²) in [5.74, 6) is -0.332. The number of carbonyl (C=O) groups excluding carboxylic acids is 1. The molecule has 5 heteroatoms. The minimum absolute atomic E-state index is 0.0565. The third kappa shape index (κ3) is 3.01. The van der Waals surface area contributed by atoms with Crippen LogP contribution in [0, 0.1) is 5.82 Å². The number of morpholine rings is 1. The van der Waals surface area contributed by atoms with E-state index in [9.17, 15) is 9.18 Å². The summed E-state index contributed by atoms with van der Waals surface area (Å²) in [4.78, 5) is 13.3. The Morgan fingerprint density at radius 1 is 1.41 bits per heavy atom. The molecule has 1 atom stereocenters. The van der Waals surface area contributed by atoms with Crippen LogP contribution in [0.4, 0.5) is 4.39 Å². The average molecular weight is 238 g/mol. The summed E-state index contributed by atoms with van der Waals surface area (Å²) in [5, 5.41) is 0. The first-order valence-corrected chi connectivity index (χ1v) is 5.53. The highest BCUT2D eigenvalue weighted by atomic mass is 19.1. The molecule has 0 aliphatic carbocycles. The van der Waals surface area contributed by atoms with Crippen molar-refractivity contribution < 1.29 is 13.9 Å². The summed E-state index contributed by atoms with van der Waals surface area (Å²) in [7, 11) is 0. The molecule has 1 saturated heterocycles. The van der Waals surface area contributed by atoms with Gasteiger partial charge in [0.05, 0.1) is 6.10 Å². The van der Waals surface area contributed by atoms with Crippen molar-refractivity contribution in [2.24, 2.45) is 5.73 Å². The Morgan fingerprint density at radius 3 is 2.76 bits per heavy atom. The van der Waals surface area contributed by atoms with Gasteiger partial charge in [-0.15, -0.1) is 0 Å². The number of rotatable bonds is 3. The zero-order chi connectivity index (χ0) is 12.3. The third-order valence-corrected chi connectivity index (χ3v) is 2.77. The van der Waals surface area contributed by atoms with Gasteiger partial charge < -0.3 is 15.4 Å². The maximum atomic E-state index is 12.7. The molecule has 1 heterocycles. The molecule has 1 fully saturated rings. The summed E-state index contributed by atoms with van der Waals surface area (Å²) >= 11 is 0. The zero-order valence-corrected chi connectivity index (χ0v) is 9.43. The summed E-state index contributed by atoms with van der Waals surface area (Å²) in [6.45, 7) is 1.43.